The summed E-state index contributed by atoms with van der Waals surface area (Å²) < 4.78 is 4.58. The van der Waals surface area contributed by atoms with Crippen molar-refractivity contribution in [3.63, 3.8) is 0 Å². The highest BCUT2D eigenvalue weighted by atomic mass is 16.5. The highest BCUT2D eigenvalue weighted by molar-refractivity contribution is 6.00. The normalized spacial score (nSPS) is 24.0. The van der Waals surface area contributed by atoms with E-state index >= 15 is 0 Å². The average Bonchev–Trinajstić information content (AvgIpc) is 2.16. The molecule has 1 rings (SSSR count). The summed E-state index contributed by atoms with van der Waals surface area (Å²) in [6.45, 7) is 5.26. The van der Waals surface area contributed by atoms with Crippen LogP contribution in [-0.2, 0) is 14.3 Å². The molecule has 0 N–H and O–H groups in total. The van der Waals surface area contributed by atoms with Crippen LogP contribution >= 0.6 is 0 Å². The second-order valence-corrected chi connectivity index (χ2v) is 3.89. The van der Waals surface area contributed by atoms with E-state index in [0.29, 0.717) is 19.0 Å². The van der Waals surface area contributed by atoms with Crippen LogP contribution in [-0.4, -0.2) is 42.9 Å². The van der Waals surface area contributed by atoms with Gasteiger partial charge in [-0.3, -0.25) is 14.5 Å². The number of methoxy groups -OCH3 is 1. The lowest BCUT2D eigenvalue weighted by Gasteiger charge is -2.32. The van der Waals surface area contributed by atoms with E-state index in [-0.39, 0.29) is 5.78 Å². The van der Waals surface area contributed by atoms with Gasteiger partial charge in [0.15, 0.2) is 5.78 Å². The SMILES string of the molecule is COC(=O)C1CCN(C(C)C)CC1=O. The quantitative estimate of drug-likeness (QED) is 0.479. The van der Waals surface area contributed by atoms with Crippen LogP contribution in [0.25, 0.3) is 0 Å². The smallest absolute Gasteiger partial charge is 0.316 e. The van der Waals surface area contributed by atoms with Gasteiger partial charge < -0.3 is 4.74 Å². The molecule has 1 fully saturated rings. The molecule has 0 aromatic carbocycles. The van der Waals surface area contributed by atoms with Gasteiger partial charge in [-0.05, 0) is 20.3 Å². The standard InChI is InChI=1S/C10H17NO3/c1-7(2)11-5-4-8(9(12)6-11)10(13)14-3/h7-8H,4-6H2,1-3H3. The first-order valence-electron chi connectivity index (χ1n) is 4.91. The summed E-state index contributed by atoms with van der Waals surface area (Å²) >= 11 is 0. The number of nitrogens with zero attached hydrogens (tertiary/aromatic N) is 1. The Bertz CT molecular complexity index is 238. The summed E-state index contributed by atoms with van der Waals surface area (Å²) in [7, 11) is 1.32. The molecular weight excluding hydrogens is 182 g/mol. The number of ether oxygens (including phenoxy) is 1. The highest BCUT2D eigenvalue weighted by Gasteiger charge is 2.33. The molecule has 1 unspecified atom stereocenters. The third-order valence-electron chi connectivity index (χ3n) is 2.67. The van der Waals surface area contributed by atoms with Gasteiger partial charge in [-0.25, -0.2) is 0 Å². The molecule has 0 saturated carbocycles. The number of carbonyl (C=O) groups excluding carboxylic acids is 2. The Hall–Kier alpha value is -0.900. The predicted molar refractivity (Wildman–Crippen MR) is 51.8 cm³/mol. The van der Waals surface area contributed by atoms with Crippen LogP contribution in [0.4, 0.5) is 0 Å². The molecule has 0 radical (unpaired) electrons. The number of esters is 1. The molecule has 1 saturated heterocycles. The molecule has 1 aliphatic heterocycles. The maximum absolute atomic E-state index is 11.6. The zero-order valence-electron chi connectivity index (χ0n) is 8.95. The van der Waals surface area contributed by atoms with Crippen LogP contribution in [0.2, 0.25) is 0 Å². The average molecular weight is 199 g/mol. The van der Waals surface area contributed by atoms with Gasteiger partial charge in [-0.2, -0.15) is 0 Å². The molecule has 0 bridgehead atoms. The zero-order valence-corrected chi connectivity index (χ0v) is 8.95. The maximum atomic E-state index is 11.6. The van der Waals surface area contributed by atoms with Crippen molar-refractivity contribution in [3.05, 3.63) is 0 Å². The molecule has 0 aromatic rings. The molecule has 4 heteroatoms. The fraction of sp³-hybridized carbons (Fsp3) is 0.800. The van der Waals surface area contributed by atoms with Gasteiger partial charge in [0.2, 0.25) is 0 Å². The number of rotatable bonds is 2. The number of piperidine rings is 1. The van der Waals surface area contributed by atoms with E-state index < -0.39 is 11.9 Å². The third kappa shape index (κ3) is 2.32. The second-order valence-electron chi connectivity index (χ2n) is 3.89. The molecule has 80 valence electrons. The van der Waals surface area contributed by atoms with E-state index in [1.807, 2.05) is 13.8 Å². The van der Waals surface area contributed by atoms with Crippen molar-refractivity contribution in [2.24, 2.45) is 5.92 Å². The van der Waals surface area contributed by atoms with Crippen molar-refractivity contribution in [3.8, 4) is 0 Å². The first-order valence-corrected chi connectivity index (χ1v) is 4.91. The maximum Gasteiger partial charge on any atom is 0.316 e. The van der Waals surface area contributed by atoms with Gasteiger partial charge in [0.05, 0.1) is 13.7 Å². The van der Waals surface area contributed by atoms with Gasteiger partial charge in [-0.15, -0.1) is 0 Å². The van der Waals surface area contributed by atoms with Crippen molar-refractivity contribution >= 4 is 11.8 Å². The fourth-order valence-electron chi connectivity index (χ4n) is 1.68. The van der Waals surface area contributed by atoms with Crippen molar-refractivity contribution in [2.75, 3.05) is 20.2 Å². The lowest BCUT2D eigenvalue weighted by Crippen LogP contribution is -2.46. The van der Waals surface area contributed by atoms with Crippen molar-refractivity contribution in [1.82, 2.24) is 4.90 Å². The molecule has 1 atom stereocenters. The van der Waals surface area contributed by atoms with Crippen LogP contribution in [0.1, 0.15) is 20.3 Å². The molecule has 0 aromatic heterocycles. The van der Waals surface area contributed by atoms with Gasteiger partial charge in [0.1, 0.15) is 5.92 Å². The van der Waals surface area contributed by atoms with E-state index in [1.54, 1.807) is 0 Å². The molecule has 0 spiro atoms. The Morgan fingerprint density at radius 1 is 1.57 bits per heavy atom. The summed E-state index contributed by atoms with van der Waals surface area (Å²) in [5.41, 5.74) is 0. The Balaban J connectivity index is 2.56. The van der Waals surface area contributed by atoms with Crippen LogP contribution in [0.5, 0.6) is 0 Å². The fourth-order valence-corrected chi connectivity index (χ4v) is 1.68. The number of hydrogen-bond acceptors (Lipinski definition) is 4. The Morgan fingerprint density at radius 2 is 2.21 bits per heavy atom. The van der Waals surface area contributed by atoms with Crippen LogP contribution in [0, 0.1) is 5.92 Å². The van der Waals surface area contributed by atoms with Crippen LogP contribution in [0.15, 0.2) is 0 Å². The topological polar surface area (TPSA) is 46.6 Å². The summed E-state index contributed by atoms with van der Waals surface area (Å²) in [5, 5.41) is 0. The second kappa shape index (κ2) is 4.55. The van der Waals surface area contributed by atoms with E-state index in [4.69, 9.17) is 0 Å². The minimum absolute atomic E-state index is 0.0169. The summed E-state index contributed by atoms with van der Waals surface area (Å²) in [6, 6.07) is 0.359. The first-order chi connectivity index (χ1) is 6.56. The van der Waals surface area contributed by atoms with Crippen molar-refractivity contribution < 1.29 is 14.3 Å². The minimum Gasteiger partial charge on any atom is -0.468 e. The Kier molecular flexibility index (Phi) is 3.63. The number of likely N-dealkylation sites (tertiary alicyclic amines) is 1. The zero-order chi connectivity index (χ0) is 10.7. The summed E-state index contributed by atoms with van der Waals surface area (Å²) in [5.74, 6) is -0.940. The molecule has 1 heterocycles. The van der Waals surface area contributed by atoms with E-state index in [2.05, 4.69) is 9.64 Å². The van der Waals surface area contributed by atoms with E-state index in [1.165, 1.54) is 7.11 Å². The van der Waals surface area contributed by atoms with Crippen LogP contribution in [0.3, 0.4) is 0 Å². The van der Waals surface area contributed by atoms with Crippen molar-refractivity contribution in [1.29, 1.82) is 0 Å². The molecule has 1 aliphatic rings. The number of Topliss-reactive ketones (excluding diaryl/α,β-unsaturated/α-hetero) is 1. The van der Waals surface area contributed by atoms with E-state index in [9.17, 15) is 9.59 Å². The van der Waals surface area contributed by atoms with Gasteiger partial charge in [0.25, 0.3) is 0 Å². The molecular formula is C10H17NO3. The highest BCUT2D eigenvalue weighted by Crippen LogP contribution is 2.16. The van der Waals surface area contributed by atoms with Gasteiger partial charge in [-0.1, -0.05) is 0 Å². The minimum atomic E-state index is -0.532. The number of ketones is 1. The molecule has 4 nitrogen and oxygen atoms in total. The van der Waals surface area contributed by atoms with Crippen molar-refractivity contribution in [2.45, 2.75) is 26.3 Å². The number of carbonyl (C=O) groups is 2. The molecule has 0 aliphatic carbocycles. The largest absolute Gasteiger partial charge is 0.468 e. The monoisotopic (exact) mass is 199 g/mol. The molecule has 14 heavy (non-hydrogen) atoms. The summed E-state index contributed by atoms with van der Waals surface area (Å²) in [6.07, 6.45) is 0.587. The molecule has 0 amide bonds. The summed E-state index contributed by atoms with van der Waals surface area (Å²) in [4.78, 5) is 24.8. The lowest BCUT2D eigenvalue weighted by molar-refractivity contribution is -0.151. The third-order valence-corrected chi connectivity index (χ3v) is 2.67. The van der Waals surface area contributed by atoms with E-state index in [0.717, 1.165) is 6.54 Å². The van der Waals surface area contributed by atoms with Gasteiger partial charge in [0, 0.05) is 12.6 Å². The van der Waals surface area contributed by atoms with Gasteiger partial charge >= 0.3 is 5.97 Å². The number of hydrogen-bond donors (Lipinski definition) is 0. The van der Waals surface area contributed by atoms with Crippen LogP contribution < -0.4 is 0 Å². The predicted octanol–water partition coefficient (Wildman–Crippen LogP) is 0.459. The Labute approximate surface area is 84.2 Å². The first kappa shape index (κ1) is 11.2. The lowest BCUT2D eigenvalue weighted by atomic mass is 9.95. The Morgan fingerprint density at radius 3 is 2.64 bits per heavy atom.